The topological polar surface area (TPSA) is 66.9 Å². The van der Waals surface area contributed by atoms with Gasteiger partial charge < -0.3 is 10.6 Å². The molecule has 0 atom stereocenters. The van der Waals surface area contributed by atoms with Crippen LogP contribution >= 0.6 is 0 Å². The SMILES string of the molecule is CCNC(=O)CNc1ncnc2c1CCCC2. The van der Waals surface area contributed by atoms with Gasteiger partial charge in [-0.3, -0.25) is 4.79 Å². The van der Waals surface area contributed by atoms with E-state index in [1.807, 2.05) is 6.92 Å². The quantitative estimate of drug-likeness (QED) is 0.812. The number of anilines is 1. The van der Waals surface area contributed by atoms with E-state index in [1.165, 1.54) is 18.4 Å². The Balaban J connectivity index is 2.03. The first-order valence-corrected chi connectivity index (χ1v) is 6.14. The van der Waals surface area contributed by atoms with Crippen molar-refractivity contribution in [2.45, 2.75) is 32.6 Å². The molecule has 0 saturated carbocycles. The van der Waals surface area contributed by atoms with E-state index in [9.17, 15) is 4.79 Å². The van der Waals surface area contributed by atoms with E-state index >= 15 is 0 Å². The van der Waals surface area contributed by atoms with Gasteiger partial charge in [0.2, 0.25) is 5.91 Å². The molecule has 5 nitrogen and oxygen atoms in total. The summed E-state index contributed by atoms with van der Waals surface area (Å²) < 4.78 is 0. The highest BCUT2D eigenvalue weighted by Gasteiger charge is 2.15. The highest BCUT2D eigenvalue weighted by Crippen LogP contribution is 2.23. The molecule has 1 aliphatic carbocycles. The lowest BCUT2D eigenvalue weighted by atomic mass is 9.96. The van der Waals surface area contributed by atoms with Crippen LogP contribution in [0.5, 0.6) is 0 Å². The van der Waals surface area contributed by atoms with E-state index in [0.717, 1.165) is 24.4 Å². The Bertz CT molecular complexity index is 405. The molecule has 1 heterocycles. The average molecular weight is 234 g/mol. The monoisotopic (exact) mass is 234 g/mol. The molecule has 0 spiro atoms. The molecule has 1 aromatic rings. The fourth-order valence-corrected chi connectivity index (χ4v) is 2.10. The van der Waals surface area contributed by atoms with Gasteiger partial charge in [0.05, 0.1) is 6.54 Å². The van der Waals surface area contributed by atoms with Crippen LogP contribution in [0.15, 0.2) is 6.33 Å². The number of carbonyl (C=O) groups excluding carboxylic acids is 1. The van der Waals surface area contributed by atoms with E-state index in [-0.39, 0.29) is 12.5 Å². The van der Waals surface area contributed by atoms with E-state index in [2.05, 4.69) is 20.6 Å². The molecular formula is C12H18N4O. The Morgan fingerprint density at radius 3 is 3.00 bits per heavy atom. The molecule has 17 heavy (non-hydrogen) atoms. The second-order valence-electron chi connectivity index (χ2n) is 4.16. The predicted molar refractivity (Wildman–Crippen MR) is 65.8 cm³/mol. The molecule has 5 heteroatoms. The van der Waals surface area contributed by atoms with Crippen LogP contribution in [0.1, 0.15) is 31.0 Å². The molecule has 2 rings (SSSR count). The van der Waals surface area contributed by atoms with Gasteiger partial charge in [-0.25, -0.2) is 9.97 Å². The number of likely N-dealkylation sites (N-methyl/N-ethyl adjacent to an activating group) is 1. The zero-order chi connectivity index (χ0) is 12.1. The largest absolute Gasteiger partial charge is 0.361 e. The summed E-state index contributed by atoms with van der Waals surface area (Å²) in [4.78, 5) is 19.9. The molecule has 2 N–H and O–H groups in total. The van der Waals surface area contributed by atoms with Crippen molar-refractivity contribution in [3.8, 4) is 0 Å². The Hall–Kier alpha value is -1.65. The van der Waals surface area contributed by atoms with Crippen LogP contribution in [-0.4, -0.2) is 29.0 Å². The number of carbonyl (C=O) groups is 1. The number of hydrogen-bond donors (Lipinski definition) is 2. The summed E-state index contributed by atoms with van der Waals surface area (Å²) in [6.45, 7) is 2.84. The second-order valence-corrected chi connectivity index (χ2v) is 4.16. The molecule has 0 aromatic carbocycles. The van der Waals surface area contributed by atoms with Crippen molar-refractivity contribution in [2.75, 3.05) is 18.4 Å². The van der Waals surface area contributed by atoms with E-state index in [0.29, 0.717) is 6.54 Å². The van der Waals surface area contributed by atoms with Crippen LogP contribution in [0.2, 0.25) is 0 Å². The summed E-state index contributed by atoms with van der Waals surface area (Å²) in [5.41, 5.74) is 2.31. The van der Waals surface area contributed by atoms with Gasteiger partial charge in [0.25, 0.3) is 0 Å². The van der Waals surface area contributed by atoms with Gasteiger partial charge in [-0.15, -0.1) is 0 Å². The zero-order valence-electron chi connectivity index (χ0n) is 10.1. The van der Waals surface area contributed by atoms with Gasteiger partial charge >= 0.3 is 0 Å². The van der Waals surface area contributed by atoms with Crippen LogP contribution in [-0.2, 0) is 17.6 Å². The van der Waals surface area contributed by atoms with E-state index < -0.39 is 0 Å². The first-order valence-electron chi connectivity index (χ1n) is 6.14. The molecule has 1 aliphatic rings. The van der Waals surface area contributed by atoms with E-state index in [4.69, 9.17) is 0 Å². The molecule has 0 aliphatic heterocycles. The molecule has 0 radical (unpaired) electrons. The van der Waals surface area contributed by atoms with Crippen molar-refractivity contribution >= 4 is 11.7 Å². The number of rotatable bonds is 4. The maximum Gasteiger partial charge on any atom is 0.239 e. The van der Waals surface area contributed by atoms with Crippen LogP contribution in [0, 0.1) is 0 Å². The van der Waals surface area contributed by atoms with Crippen molar-refractivity contribution < 1.29 is 4.79 Å². The van der Waals surface area contributed by atoms with Crippen molar-refractivity contribution in [3.05, 3.63) is 17.6 Å². The summed E-state index contributed by atoms with van der Waals surface area (Å²) in [6, 6.07) is 0. The van der Waals surface area contributed by atoms with Crippen LogP contribution in [0.25, 0.3) is 0 Å². The van der Waals surface area contributed by atoms with Crippen LogP contribution < -0.4 is 10.6 Å². The minimum absolute atomic E-state index is 0.00401. The number of nitrogens with zero attached hydrogens (tertiary/aromatic N) is 2. The number of amides is 1. The minimum Gasteiger partial charge on any atom is -0.361 e. The standard InChI is InChI=1S/C12H18N4O/c1-2-13-11(17)7-14-12-9-5-3-4-6-10(9)15-8-16-12/h8H,2-7H2,1H3,(H,13,17)(H,14,15,16). The third-order valence-electron chi connectivity index (χ3n) is 2.92. The molecule has 92 valence electrons. The molecular weight excluding hydrogens is 216 g/mol. The first-order chi connectivity index (χ1) is 8.31. The normalized spacial score (nSPS) is 13.9. The Labute approximate surface area is 101 Å². The number of aryl methyl sites for hydroxylation is 1. The number of nitrogens with one attached hydrogen (secondary N) is 2. The number of aromatic nitrogens is 2. The maximum absolute atomic E-state index is 11.4. The lowest BCUT2D eigenvalue weighted by Crippen LogP contribution is -2.30. The highest BCUT2D eigenvalue weighted by atomic mass is 16.1. The molecule has 0 fully saturated rings. The fourth-order valence-electron chi connectivity index (χ4n) is 2.10. The Morgan fingerprint density at radius 1 is 1.35 bits per heavy atom. The van der Waals surface area contributed by atoms with Gasteiger partial charge in [-0.2, -0.15) is 0 Å². The van der Waals surface area contributed by atoms with E-state index in [1.54, 1.807) is 6.33 Å². The maximum atomic E-state index is 11.4. The van der Waals surface area contributed by atoms with Gasteiger partial charge in [-0.05, 0) is 32.6 Å². The molecule has 1 amide bonds. The van der Waals surface area contributed by atoms with Gasteiger partial charge in [0.1, 0.15) is 12.1 Å². The summed E-state index contributed by atoms with van der Waals surface area (Å²) >= 11 is 0. The zero-order valence-corrected chi connectivity index (χ0v) is 10.1. The first kappa shape index (κ1) is 11.8. The molecule has 0 unspecified atom stereocenters. The third kappa shape index (κ3) is 2.93. The lowest BCUT2D eigenvalue weighted by Gasteiger charge is -2.17. The summed E-state index contributed by atoms with van der Waals surface area (Å²) in [7, 11) is 0. The Morgan fingerprint density at radius 2 is 2.18 bits per heavy atom. The summed E-state index contributed by atoms with van der Waals surface area (Å²) in [6.07, 6.45) is 5.97. The molecule has 0 bridgehead atoms. The number of hydrogen-bond acceptors (Lipinski definition) is 4. The highest BCUT2D eigenvalue weighted by molar-refractivity contribution is 5.80. The van der Waals surface area contributed by atoms with Crippen molar-refractivity contribution in [2.24, 2.45) is 0 Å². The van der Waals surface area contributed by atoms with Crippen molar-refractivity contribution in [3.63, 3.8) is 0 Å². The van der Waals surface area contributed by atoms with Gasteiger partial charge in [0, 0.05) is 17.8 Å². The molecule has 1 aromatic heterocycles. The number of fused-ring (bicyclic) bond motifs is 1. The van der Waals surface area contributed by atoms with Crippen molar-refractivity contribution in [1.29, 1.82) is 0 Å². The van der Waals surface area contributed by atoms with Gasteiger partial charge in [0.15, 0.2) is 0 Å². The smallest absolute Gasteiger partial charge is 0.239 e. The lowest BCUT2D eigenvalue weighted by molar-refractivity contribution is -0.119. The summed E-state index contributed by atoms with van der Waals surface area (Å²) in [5.74, 6) is 0.816. The third-order valence-corrected chi connectivity index (χ3v) is 2.92. The van der Waals surface area contributed by atoms with Crippen LogP contribution in [0.3, 0.4) is 0 Å². The van der Waals surface area contributed by atoms with Gasteiger partial charge in [-0.1, -0.05) is 0 Å². The summed E-state index contributed by atoms with van der Waals surface area (Å²) in [5, 5.41) is 5.85. The Kier molecular flexibility index (Phi) is 3.90. The van der Waals surface area contributed by atoms with Crippen molar-refractivity contribution in [1.82, 2.24) is 15.3 Å². The fraction of sp³-hybridized carbons (Fsp3) is 0.583. The second kappa shape index (κ2) is 5.61. The average Bonchev–Trinajstić information content (AvgIpc) is 2.36. The minimum atomic E-state index is -0.00401. The van der Waals surface area contributed by atoms with Crippen LogP contribution in [0.4, 0.5) is 5.82 Å². The molecule has 0 saturated heterocycles. The predicted octanol–water partition coefficient (Wildman–Crippen LogP) is 0.903.